The van der Waals surface area contributed by atoms with Gasteiger partial charge in [0.1, 0.15) is 12.6 Å². The molecule has 7 heteroatoms. The summed E-state index contributed by atoms with van der Waals surface area (Å²) in [5, 5.41) is 7.41. The smallest absolute Gasteiger partial charge is 0.328 e. The van der Waals surface area contributed by atoms with Crippen molar-refractivity contribution >= 4 is 11.9 Å². The Morgan fingerprint density at radius 1 is 1.42 bits per heavy atom. The first-order chi connectivity index (χ1) is 9.22. The number of carbonyl (C=O) groups is 2. The summed E-state index contributed by atoms with van der Waals surface area (Å²) in [7, 11) is 0. The highest BCUT2D eigenvalue weighted by Gasteiger charge is 2.33. The van der Waals surface area contributed by atoms with Crippen LogP contribution in [0.25, 0.3) is 0 Å². The van der Waals surface area contributed by atoms with Gasteiger partial charge in [-0.05, 0) is 26.2 Å². The third kappa shape index (κ3) is 3.30. The van der Waals surface area contributed by atoms with E-state index >= 15 is 0 Å². The van der Waals surface area contributed by atoms with Crippen molar-refractivity contribution in [2.75, 3.05) is 13.2 Å². The normalized spacial score (nSPS) is 19.2. The van der Waals surface area contributed by atoms with Crippen LogP contribution in [0, 0.1) is 0 Å². The maximum atomic E-state index is 12.2. The van der Waals surface area contributed by atoms with Crippen LogP contribution >= 0.6 is 0 Å². The van der Waals surface area contributed by atoms with Crippen molar-refractivity contribution in [3.8, 4) is 0 Å². The Bertz CT molecular complexity index is 432. The third-order valence-electron chi connectivity index (χ3n) is 3.15. The Morgan fingerprint density at radius 3 is 2.95 bits per heavy atom. The molecule has 2 rings (SSSR count). The highest BCUT2D eigenvalue weighted by atomic mass is 16.5. The van der Waals surface area contributed by atoms with Gasteiger partial charge < -0.3 is 9.64 Å². The summed E-state index contributed by atoms with van der Waals surface area (Å²) < 4.78 is 6.49. The average molecular weight is 266 g/mol. The Labute approximate surface area is 111 Å². The van der Waals surface area contributed by atoms with Crippen LogP contribution in [0.3, 0.4) is 0 Å². The summed E-state index contributed by atoms with van der Waals surface area (Å²) in [5.41, 5.74) is 0. The SMILES string of the molecule is CCOC(=O)C1CCCCN1C(=O)Cn1ccnn1. The molecule has 1 aliphatic rings. The first-order valence-electron chi connectivity index (χ1n) is 6.52. The van der Waals surface area contributed by atoms with E-state index < -0.39 is 6.04 Å². The molecular formula is C12H18N4O3. The van der Waals surface area contributed by atoms with Crippen molar-refractivity contribution in [1.29, 1.82) is 0 Å². The lowest BCUT2D eigenvalue weighted by molar-refractivity contribution is -0.156. The standard InChI is InChI=1S/C12H18N4O3/c1-2-19-12(18)10-5-3-4-7-16(10)11(17)9-15-8-6-13-14-15/h6,8,10H,2-5,7,9H2,1H3. The van der Waals surface area contributed by atoms with Crippen LogP contribution < -0.4 is 0 Å². The number of hydrogen-bond donors (Lipinski definition) is 0. The number of esters is 1. The van der Waals surface area contributed by atoms with Gasteiger partial charge in [0.2, 0.25) is 5.91 Å². The molecule has 0 saturated carbocycles. The molecule has 1 aromatic rings. The van der Waals surface area contributed by atoms with Gasteiger partial charge >= 0.3 is 5.97 Å². The molecular weight excluding hydrogens is 248 g/mol. The maximum Gasteiger partial charge on any atom is 0.328 e. The molecule has 1 aliphatic heterocycles. The number of piperidine rings is 1. The Balaban J connectivity index is 2.02. The molecule has 1 aromatic heterocycles. The lowest BCUT2D eigenvalue weighted by Gasteiger charge is -2.33. The fraction of sp³-hybridized carbons (Fsp3) is 0.667. The second-order valence-corrected chi connectivity index (χ2v) is 4.45. The van der Waals surface area contributed by atoms with E-state index in [9.17, 15) is 9.59 Å². The zero-order valence-electron chi connectivity index (χ0n) is 11.0. The largest absolute Gasteiger partial charge is 0.464 e. The third-order valence-corrected chi connectivity index (χ3v) is 3.15. The van der Waals surface area contributed by atoms with Crippen molar-refractivity contribution in [3.05, 3.63) is 12.4 Å². The molecule has 0 aliphatic carbocycles. The van der Waals surface area contributed by atoms with Crippen LogP contribution in [0.15, 0.2) is 12.4 Å². The molecule has 1 atom stereocenters. The van der Waals surface area contributed by atoms with E-state index in [1.165, 1.54) is 10.9 Å². The van der Waals surface area contributed by atoms with Gasteiger partial charge in [0.05, 0.1) is 12.8 Å². The predicted molar refractivity (Wildman–Crippen MR) is 66.0 cm³/mol. The highest BCUT2D eigenvalue weighted by Crippen LogP contribution is 2.18. The van der Waals surface area contributed by atoms with Gasteiger partial charge in [-0.1, -0.05) is 5.21 Å². The fourth-order valence-electron chi connectivity index (χ4n) is 2.26. The molecule has 0 spiro atoms. The van der Waals surface area contributed by atoms with Crippen LogP contribution in [0.5, 0.6) is 0 Å². The quantitative estimate of drug-likeness (QED) is 0.729. The van der Waals surface area contributed by atoms with E-state index in [0.29, 0.717) is 19.6 Å². The number of aromatic nitrogens is 3. The summed E-state index contributed by atoms with van der Waals surface area (Å²) in [6, 6.07) is -0.454. The van der Waals surface area contributed by atoms with Gasteiger partial charge in [-0.25, -0.2) is 9.48 Å². The number of ether oxygens (including phenoxy) is 1. The molecule has 1 unspecified atom stereocenters. The number of carbonyl (C=O) groups excluding carboxylic acids is 2. The van der Waals surface area contributed by atoms with E-state index in [4.69, 9.17) is 4.74 Å². The second kappa shape index (κ2) is 6.31. The van der Waals surface area contributed by atoms with Gasteiger partial charge in [-0.15, -0.1) is 5.10 Å². The summed E-state index contributed by atoms with van der Waals surface area (Å²) in [4.78, 5) is 25.7. The number of likely N-dealkylation sites (tertiary alicyclic amines) is 1. The zero-order chi connectivity index (χ0) is 13.7. The van der Waals surface area contributed by atoms with E-state index in [1.807, 2.05) is 0 Å². The van der Waals surface area contributed by atoms with Gasteiger partial charge in [-0.3, -0.25) is 4.79 Å². The van der Waals surface area contributed by atoms with Crippen molar-refractivity contribution < 1.29 is 14.3 Å². The van der Waals surface area contributed by atoms with Crippen LogP contribution in [-0.4, -0.2) is 51.0 Å². The van der Waals surface area contributed by atoms with E-state index in [0.717, 1.165) is 12.8 Å². The summed E-state index contributed by atoms with van der Waals surface area (Å²) in [6.07, 6.45) is 5.67. The van der Waals surface area contributed by atoms with E-state index in [1.54, 1.807) is 18.0 Å². The average Bonchev–Trinajstić information content (AvgIpc) is 2.92. The molecule has 104 valence electrons. The summed E-state index contributed by atoms with van der Waals surface area (Å²) in [6.45, 7) is 2.80. The van der Waals surface area contributed by atoms with Crippen molar-refractivity contribution in [2.24, 2.45) is 0 Å². The highest BCUT2D eigenvalue weighted by molar-refractivity contribution is 5.84. The van der Waals surface area contributed by atoms with Crippen LogP contribution in [-0.2, 0) is 20.9 Å². The molecule has 2 heterocycles. The molecule has 1 fully saturated rings. The number of rotatable bonds is 4. The minimum atomic E-state index is -0.454. The van der Waals surface area contributed by atoms with Gasteiger partial charge in [0, 0.05) is 12.7 Å². The molecule has 1 amide bonds. The van der Waals surface area contributed by atoms with Crippen LogP contribution in [0.2, 0.25) is 0 Å². The molecule has 0 aromatic carbocycles. The van der Waals surface area contributed by atoms with Crippen LogP contribution in [0.4, 0.5) is 0 Å². The lowest BCUT2D eigenvalue weighted by atomic mass is 10.0. The first-order valence-corrected chi connectivity index (χ1v) is 6.52. The molecule has 0 N–H and O–H groups in total. The second-order valence-electron chi connectivity index (χ2n) is 4.45. The molecule has 19 heavy (non-hydrogen) atoms. The molecule has 1 saturated heterocycles. The Hall–Kier alpha value is -1.92. The number of nitrogens with zero attached hydrogens (tertiary/aromatic N) is 4. The van der Waals surface area contributed by atoms with E-state index in [2.05, 4.69) is 10.3 Å². The maximum absolute atomic E-state index is 12.2. The lowest BCUT2D eigenvalue weighted by Crippen LogP contribution is -2.49. The van der Waals surface area contributed by atoms with E-state index in [-0.39, 0.29) is 18.4 Å². The van der Waals surface area contributed by atoms with Crippen molar-refractivity contribution in [2.45, 2.75) is 38.8 Å². The first kappa shape index (κ1) is 13.5. The van der Waals surface area contributed by atoms with Crippen LogP contribution in [0.1, 0.15) is 26.2 Å². The fourth-order valence-corrected chi connectivity index (χ4v) is 2.26. The van der Waals surface area contributed by atoms with Crippen molar-refractivity contribution in [3.63, 3.8) is 0 Å². The summed E-state index contributed by atoms with van der Waals surface area (Å²) in [5.74, 6) is -0.433. The number of hydrogen-bond acceptors (Lipinski definition) is 5. The van der Waals surface area contributed by atoms with Gasteiger partial charge in [0.15, 0.2) is 0 Å². The van der Waals surface area contributed by atoms with Gasteiger partial charge in [0.25, 0.3) is 0 Å². The molecule has 0 radical (unpaired) electrons. The van der Waals surface area contributed by atoms with Crippen molar-refractivity contribution in [1.82, 2.24) is 19.9 Å². The Morgan fingerprint density at radius 2 is 2.26 bits per heavy atom. The topological polar surface area (TPSA) is 77.3 Å². The summed E-state index contributed by atoms with van der Waals surface area (Å²) >= 11 is 0. The zero-order valence-corrected chi connectivity index (χ0v) is 11.0. The molecule has 0 bridgehead atoms. The Kier molecular flexibility index (Phi) is 4.48. The number of amides is 1. The monoisotopic (exact) mass is 266 g/mol. The minimum Gasteiger partial charge on any atom is -0.464 e. The van der Waals surface area contributed by atoms with Gasteiger partial charge in [-0.2, -0.15) is 0 Å². The predicted octanol–water partition coefficient (Wildman–Crippen LogP) is 0.222. The minimum absolute atomic E-state index is 0.107. The molecule has 7 nitrogen and oxygen atoms in total.